The molecule has 1 aromatic heterocycles. The monoisotopic (exact) mass is 252 g/mol. The zero-order valence-electron chi connectivity index (χ0n) is 8.98. The summed E-state index contributed by atoms with van der Waals surface area (Å²) in [7, 11) is 0. The predicted molar refractivity (Wildman–Crippen MR) is 69.2 cm³/mol. The van der Waals surface area contributed by atoms with Gasteiger partial charge in [0.2, 0.25) is 0 Å². The van der Waals surface area contributed by atoms with E-state index in [0.717, 1.165) is 11.1 Å². The molecule has 0 saturated carbocycles. The number of thiophene rings is 1. The van der Waals surface area contributed by atoms with Gasteiger partial charge in [-0.2, -0.15) is 0 Å². The van der Waals surface area contributed by atoms with Crippen LogP contribution in [0.15, 0.2) is 35.7 Å². The van der Waals surface area contributed by atoms with Crippen molar-refractivity contribution in [2.45, 2.75) is 19.4 Å². The molecule has 84 valence electrons. The van der Waals surface area contributed by atoms with Crippen molar-refractivity contribution < 1.29 is 5.11 Å². The van der Waals surface area contributed by atoms with E-state index in [9.17, 15) is 5.11 Å². The number of aliphatic hydroxyl groups is 1. The molecular formula is C13H13ClOS. The summed E-state index contributed by atoms with van der Waals surface area (Å²) in [4.78, 5) is 1.19. The molecule has 1 atom stereocenters. The molecule has 0 aliphatic heterocycles. The van der Waals surface area contributed by atoms with E-state index in [2.05, 4.69) is 0 Å². The summed E-state index contributed by atoms with van der Waals surface area (Å²) in [5.41, 5.74) is 1.96. The summed E-state index contributed by atoms with van der Waals surface area (Å²) in [6, 6.07) is 9.72. The Bertz CT molecular complexity index is 445. The minimum Gasteiger partial charge on any atom is -0.388 e. The van der Waals surface area contributed by atoms with E-state index >= 15 is 0 Å². The maximum Gasteiger partial charge on any atom is 0.0838 e. The topological polar surface area (TPSA) is 20.2 Å². The van der Waals surface area contributed by atoms with Gasteiger partial charge in [0.15, 0.2) is 0 Å². The summed E-state index contributed by atoms with van der Waals surface area (Å²) in [5, 5.41) is 12.8. The van der Waals surface area contributed by atoms with Gasteiger partial charge >= 0.3 is 0 Å². The number of aryl methyl sites for hydroxylation is 1. The van der Waals surface area contributed by atoms with Crippen LogP contribution >= 0.6 is 22.9 Å². The predicted octanol–water partition coefficient (Wildman–Crippen LogP) is 3.99. The van der Waals surface area contributed by atoms with Gasteiger partial charge in [0.25, 0.3) is 0 Å². The van der Waals surface area contributed by atoms with Gasteiger partial charge in [0.1, 0.15) is 0 Å². The van der Waals surface area contributed by atoms with Crippen LogP contribution in [0.1, 0.15) is 22.1 Å². The van der Waals surface area contributed by atoms with Crippen molar-refractivity contribution in [3.05, 3.63) is 56.7 Å². The molecule has 0 aliphatic carbocycles. The van der Waals surface area contributed by atoms with Gasteiger partial charge in [-0.05, 0) is 41.6 Å². The van der Waals surface area contributed by atoms with Crippen LogP contribution in [0.2, 0.25) is 5.02 Å². The van der Waals surface area contributed by atoms with Crippen LogP contribution in [0.4, 0.5) is 0 Å². The van der Waals surface area contributed by atoms with Crippen LogP contribution < -0.4 is 0 Å². The van der Waals surface area contributed by atoms with Gasteiger partial charge in [-0.25, -0.2) is 0 Å². The molecule has 0 fully saturated rings. The zero-order valence-corrected chi connectivity index (χ0v) is 10.6. The van der Waals surface area contributed by atoms with E-state index < -0.39 is 6.10 Å². The number of halogens is 1. The average molecular weight is 253 g/mol. The maximum atomic E-state index is 10.1. The van der Waals surface area contributed by atoms with Crippen LogP contribution in [0.5, 0.6) is 0 Å². The van der Waals surface area contributed by atoms with Gasteiger partial charge in [-0.3, -0.25) is 0 Å². The lowest BCUT2D eigenvalue weighted by Crippen LogP contribution is -2.00. The number of rotatable bonds is 3. The summed E-state index contributed by atoms with van der Waals surface area (Å²) in [5.74, 6) is 0. The lowest BCUT2D eigenvalue weighted by atomic mass is 10.0. The number of benzene rings is 1. The highest BCUT2D eigenvalue weighted by Crippen LogP contribution is 2.24. The van der Waals surface area contributed by atoms with Crippen molar-refractivity contribution >= 4 is 22.9 Å². The number of hydrogen-bond donors (Lipinski definition) is 1. The first-order chi connectivity index (χ1) is 7.65. The molecule has 2 rings (SSSR count). The normalized spacial score (nSPS) is 12.7. The third kappa shape index (κ3) is 2.85. The van der Waals surface area contributed by atoms with Crippen LogP contribution in [-0.2, 0) is 6.42 Å². The lowest BCUT2D eigenvalue weighted by molar-refractivity contribution is 0.179. The minimum atomic E-state index is -0.476. The van der Waals surface area contributed by atoms with Crippen molar-refractivity contribution in [3.8, 4) is 0 Å². The summed E-state index contributed by atoms with van der Waals surface area (Å²) >= 11 is 7.63. The molecular weight excluding hydrogens is 240 g/mol. The SMILES string of the molecule is Cc1cc(Cl)cc(C(O)Cc2cccs2)c1. The summed E-state index contributed by atoms with van der Waals surface area (Å²) in [6.45, 7) is 1.98. The maximum absolute atomic E-state index is 10.1. The first-order valence-corrected chi connectivity index (χ1v) is 6.38. The molecule has 3 heteroatoms. The van der Waals surface area contributed by atoms with Gasteiger partial charge in [0.05, 0.1) is 6.10 Å². The van der Waals surface area contributed by atoms with E-state index in [-0.39, 0.29) is 0 Å². The van der Waals surface area contributed by atoms with Crippen molar-refractivity contribution in [2.75, 3.05) is 0 Å². The van der Waals surface area contributed by atoms with E-state index in [4.69, 9.17) is 11.6 Å². The number of hydrogen-bond acceptors (Lipinski definition) is 2. The smallest absolute Gasteiger partial charge is 0.0838 e. The van der Waals surface area contributed by atoms with E-state index in [1.165, 1.54) is 4.88 Å². The highest BCUT2D eigenvalue weighted by atomic mass is 35.5. The molecule has 0 aliphatic rings. The fourth-order valence-electron chi connectivity index (χ4n) is 1.69. The molecule has 1 heterocycles. The molecule has 1 unspecified atom stereocenters. The van der Waals surface area contributed by atoms with E-state index in [0.29, 0.717) is 11.4 Å². The second-order valence-corrected chi connectivity index (χ2v) is 5.33. The van der Waals surface area contributed by atoms with Crippen molar-refractivity contribution in [1.29, 1.82) is 0 Å². The fraction of sp³-hybridized carbons (Fsp3) is 0.231. The Balaban J connectivity index is 2.17. The standard InChI is InChI=1S/C13H13ClOS/c1-9-5-10(7-11(14)6-9)13(15)8-12-3-2-4-16-12/h2-7,13,15H,8H2,1H3. The molecule has 2 aromatic rings. The highest BCUT2D eigenvalue weighted by molar-refractivity contribution is 7.09. The van der Waals surface area contributed by atoms with Gasteiger partial charge in [-0.15, -0.1) is 11.3 Å². The molecule has 1 aromatic carbocycles. The third-order valence-electron chi connectivity index (χ3n) is 2.42. The molecule has 0 saturated heterocycles. The molecule has 0 amide bonds. The Morgan fingerprint density at radius 2 is 2.19 bits per heavy atom. The van der Waals surface area contributed by atoms with Crippen molar-refractivity contribution in [3.63, 3.8) is 0 Å². The first-order valence-electron chi connectivity index (χ1n) is 5.12. The van der Waals surface area contributed by atoms with Gasteiger partial charge in [0, 0.05) is 16.3 Å². The van der Waals surface area contributed by atoms with Gasteiger partial charge in [-0.1, -0.05) is 23.7 Å². The Labute approximate surface area is 104 Å². The van der Waals surface area contributed by atoms with Gasteiger partial charge < -0.3 is 5.11 Å². The highest BCUT2D eigenvalue weighted by Gasteiger charge is 2.10. The van der Waals surface area contributed by atoms with E-state index in [1.54, 1.807) is 11.3 Å². The Hall–Kier alpha value is -0.830. The second kappa shape index (κ2) is 5.00. The van der Waals surface area contributed by atoms with Crippen molar-refractivity contribution in [2.24, 2.45) is 0 Å². The molecule has 1 N–H and O–H groups in total. The summed E-state index contributed by atoms with van der Waals surface area (Å²) < 4.78 is 0. The van der Waals surface area contributed by atoms with Crippen LogP contribution in [0, 0.1) is 6.92 Å². The fourth-order valence-corrected chi connectivity index (χ4v) is 2.74. The van der Waals surface area contributed by atoms with Crippen LogP contribution in [0.3, 0.4) is 0 Å². The zero-order chi connectivity index (χ0) is 11.5. The first kappa shape index (κ1) is 11.6. The molecule has 0 bridgehead atoms. The Kier molecular flexibility index (Phi) is 3.64. The Morgan fingerprint density at radius 3 is 2.81 bits per heavy atom. The minimum absolute atomic E-state index is 0.476. The average Bonchev–Trinajstić information content (AvgIpc) is 2.68. The Morgan fingerprint density at radius 1 is 1.38 bits per heavy atom. The van der Waals surface area contributed by atoms with E-state index in [1.807, 2.05) is 42.6 Å². The van der Waals surface area contributed by atoms with Crippen LogP contribution in [-0.4, -0.2) is 5.11 Å². The molecule has 1 nitrogen and oxygen atoms in total. The molecule has 0 spiro atoms. The van der Waals surface area contributed by atoms with Crippen LogP contribution in [0.25, 0.3) is 0 Å². The lowest BCUT2D eigenvalue weighted by Gasteiger charge is -2.11. The quantitative estimate of drug-likeness (QED) is 0.876. The third-order valence-corrected chi connectivity index (χ3v) is 3.54. The molecule has 16 heavy (non-hydrogen) atoms. The second-order valence-electron chi connectivity index (χ2n) is 3.86. The number of aliphatic hydroxyl groups excluding tert-OH is 1. The van der Waals surface area contributed by atoms with Crippen molar-refractivity contribution in [1.82, 2.24) is 0 Å². The molecule has 0 radical (unpaired) electrons. The summed E-state index contributed by atoms with van der Waals surface area (Å²) in [6.07, 6.45) is 0.174. The largest absolute Gasteiger partial charge is 0.388 e.